The van der Waals surface area contributed by atoms with Crippen molar-refractivity contribution >= 4 is 34.2 Å². The Hall–Kier alpha value is -1.85. The van der Waals surface area contributed by atoms with Gasteiger partial charge in [-0.3, -0.25) is 5.32 Å². The maximum atomic E-state index is 11.4. The van der Waals surface area contributed by atoms with Gasteiger partial charge in [-0.25, -0.2) is 9.78 Å². The summed E-state index contributed by atoms with van der Waals surface area (Å²) in [5, 5.41) is 7.61. The van der Waals surface area contributed by atoms with Gasteiger partial charge in [0, 0.05) is 35.1 Å². The third kappa shape index (κ3) is 2.94. The molecule has 0 bridgehead atoms. The van der Waals surface area contributed by atoms with Crippen molar-refractivity contribution in [1.82, 2.24) is 10.3 Å². The minimum absolute atomic E-state index is 0.291. The molecule has 0 atom stereocenters. The largest absolute Gasteiger partial charge is 0.338 e. The number of nitrogens with two attached hydrogens (primary N) is 1. The molecule has 0 unspecified atom stereocenters. The van der Waals surface area contributed by atoms with Crippen molar-refractivity contribution in [3.8, 4) is 0 Å². The molecule has 1 heterocycles. The summed E-state index contributed by atoms with van der Waals surface area (Å²) >= 11 is 6.16. The number of amides is 2. The van der Waals surface area contributed by atoms with E-state index in [2.05, 4.69) is 15.6 Å². The first kappa shape index (κ1) is 13.6. The number of fused-ring (bicyclic) bond motifs is 1. The molecule has 2 rings (SSSR count). The summed E-state index contributed by atoms with van der Waals surface area (Å²) in [6.45, 7) is 2.81. The number of aromatic nitrogens is 1. The van der Waals surface area contributed by atoms with Gasteiger partial charge in [0.2, 0.25) is 0 Å². The third-order valence-corrected chi connectivity index (χ3v) is 3.07. The maximum Gasteiger partial charge on any atom is 0.320 e. The first-order valence-electron chi connectivity index (χ1n) is 5.97. The van der Waals surface area contributed by atoms with Crippen LogP contribution in [0.25, 0.3) is 10.8 Å². The van der Waals surface area contributed by atoms with Crippen molar-refractivity contribution in [2.45, 2.75) is 13.5 Å². The number of hydrogen-bond acceptors (Lipinski definition) is 3. The van der Waals surface area contributed by atoms with E-state index in [1.165, 1.54) is 0 Å². The smallest absolute Gasteiger partial charge is 0.320 e. The van der Waals surface area contributed by atoms with E-state index >= 15 is 0 Å². The molecule has 1 aromatic heterocycles. The summed E-state index contributed by atoms with van der Waals surface area (Å²) in [5.74, 6) is 0.453. The molecule has 1 aromatic carbocycles. The fourth-order valence-corrected chi connectivity index (χ4v) is 2.05. The van der Waals surface area contributed by atoms with Gasteiger partial charge in [0.05, 0.1) is 0 Å². The molecule has 5 nitrogen and oxygen atoms in total. The van der Waals surface area contributed by atoms with Crippen LogP contribution in [0.2, 0.25) is 5.02 Å². The first-order valence-corrected chi connectivity index (χ1v) is 6.35. The van der Waals surface area contributed by atoms with Crippen LogP contribution in [-0.4, -0.2) is 17.6 Å². The topological polar surface area (TPSA) is 80.0 Å². The van der Waals surface area contributed by atoms with E-state index in [-0.39, 0.29) is 6.03 Å². The van der Waals surface area contributed by atoms with Crippen molar-refractivity contribution < 1.29 is 4.79 Å². The van der Waals surface area contributed by atoms with E-state index in [4.69, 9.17) is 17.3 Å². The van der Waals surface area contributed by atoms with Crippen molar-refractivity contribution in [3.05, 3.63) is 35.0 Å². The number of benzene rings is 1. The van der Waals surface area contributed by atoms with Gasteiger partial charge in [0.1, 0.15) is 5.82 Å². The Kier molecular flexibility index (Phi) is 4.19. The molecule has 19 heavy (non-hydrogen) atoms. The third-order valence-electron chi connectivity index (χ3n) is 2.74. The van der Waals surface area contributed by atoms with E-state index < -0.39 is 0 Å². The first-order chi connectivity index (χ1) is 9.15. The molecule has 100 valence electrons. The molecule has 4 N–H and O–H groups in total. The molecular weight excluding hydrogens is 264 g/mol. The summed E-state index contributed by atoms with van der Waals surface area (Å²) in [6.07, 6.45) is 1.67. The maximum absolute atomic E-state index is 11.4. The van der Waals surface area contributed by atoms with E-state index in [0.717, 1.165) is 16.3 Å². The van der Waals surface area contributed by atoms with Gasteiger partial charge >= 0.3 is 6.03 Å². The van der Waals surface area contributed by atoms with Crippen LogP contribution >= 0.6 is 11.6 Å². The molecule has 0 fully saturated rings. The normalized spacial score (nSPS) is 10.5. The van der Waals surface area contributed by atoms with E-state index in [1.807, 2.05) is 13.0 Å². The lowest BCUT2D eigenvalue weighted by molar-refractivity contribution is 0.252. The fourth-order valence-electron chi connectivity index (χ4n) is 1.83. The Morgan fingerprint density at radius 3 is 2.89 bits per heavy atom. The second-order valence-electron chi connectivity index (χ2n) is 4.01. The standard InChI is InChI=1S/C13H15ClN4O/c1-2-16-13(19)18-12-5-9-10(7-17-12)8(6-15)3-4-11(9)14/h3-5,7H,2,6,15H2,1H3,(H2,16,17,18,19). The SMILES string of the molecule is CCNC(=O)Nc1cc2c(Cl)ccc(CN)c2cn1. The minimum Gasteiger partial charge on any atom is -0.338 e. The lowest BCUT2D eigenvalue weighted by Gasteiger charge is -2.09. The zero-order valence-electron chi connectivity index (χ0n) is 10.5. The van der Waals surface area contributed by atoms with Gasteiger partial charge in [-0.1, -0.05) is 17.7 Å². The Bertz CT molecular complexity index is 615. The summed E-state index contributed by atoms with van der Waals surface area (Å²) in [5.41, 5.74) is 6.64. The van der Waals surface area contributed by atoms with Gasteiger partial charge in [-0.15, -0.1) is 0 Å². The van der Waals surface area contributed by atoms with E-state index in [0.29, 0.717) is 23.9 Å². The van der Waals surface area contributed by atoms with Gasteiger partial charge in [-0.05, 0) is 24.6 Å². The zero-order chi connectivity index (χ0) is 13.8. The molecular formula is C13H15ClN4O. The highest BCUT2D eigenvalue weighted by atomic mass is 35.5. The van der Waals surface area contributed by atoms with Crippen molar-refractivity contribution in [2.24, 2.45) is 5.73 Å². The second-order valence-corrected chi connectivity index (χ2v) is 4.42. The summed E-state index contributed by atoms with van der Waals surface area (Å²) < 4.78 is 0. The van der Waals surface area contributed by atoms with Crippen molar-refractivity contribution in [3.63, 3.8) is 0 Å². The van der Waals surface area contributed by atoms with Crippen LogP contribution < -0.4 is 16.4 Å². The highest BCUT2D eigenvalue weighted by Gasteiger charge is 2.07. The van der Waals surface area contributed by atoms with Crippen LogP contribution in [0, 0.1) is 0 Å². The summed E-state index contributed by atoms with van der Waals surface area (Å²) in [7, 11) is 0. The molecule has 2 amide bonds. The number of nitrogens with one attached hydrogen (secondary N) is 2. The van der Waals surface area contributed by atoms with Crippen LogP contribution in [0.1, 0.15) is 12.5 Å². The molecule has 0 spiro atoms. The number of anilines is 1. The predicted molar refractivity (Wildman–Crippen MR) is 77.3 cm³/mol. The van der Waals surface area contributed by atoms with E-state index in [9.17, 15) is 4.79 Å². The summed E-state index contributed by atoms with van der Waals surface area (Å²) in [4.78, 5) is 15.6. The number of halogens is 1. The Morgan fingerprint density at radius 2 is 2.21 bits per heavy atom. The molecule has 0 saturated heterocycles. The number of nitrogens with zero attached hydrogens (tertiary/aromatic N) is 1. The van der Waals surface area contributed by atoms with Crippen molar-refractivity contribution in [1.29, 1.82) is 0 Å². The van der Waals surface area contributed by atoms with Gasteiger partial charge in [0.15, 0.2) is 0 Å². The number of rotatable bonds is 3. The number of urea groups is 1. The monoisotopic (exact) mass is 278 g/mol. The van der Waals surface area contributed by atoms with Crippen LogP contribution in [-0.2, 0) is 6.54 Å². The van der Waals surface area contributed by atoms with Crippen LogP contribution in [0.3, 0.4) is 0 Å². The molecule has 0 aliphatic rings. The second kappa shape index (κ2) is 5.86. The fraction of sp³-hybridized carbons (Fsp3) is 0.231. The highest BCUT2D eigenvalue weighted by molar-refractivity contribution is 6.35. The van der Waals surface area contributed by atoms with Crippen LogP contribution in [0.4, 0.5) is 10.6 Å². The lowest BCUT2D eigenvalue weighted by Crippen LogP contribution is -2.28. The summed E-state index contributed by atoms with van der Waals surface area (Å²) in [6, 6.07) is 5.12. The molecule has 2 aromatic rings. The Morgan fingerprint density at radius 1 is 1.42 bits per heavy atom. The molecule has 0 radical (unpaired) electrons. The average molecular weight is 279 g/mol. The molecule has 0 aliphatic heterocycles. The van der Waals surface area contributed by atoms with E-state index in [1.54, 1.807) is 18.3 Å². The van der Waals surface area contributed by atoms with Crippen LogP contribution in [0.15, 0.2) is 24.4 Å². The number of hydrogen-bond donors (Lipinski definition) is 3. The minimum atomic E-state index is -0.291. The highest BCUT2D eigenvalue weighted by Crippen LogP contribution is 2.27. The van der Waals surface area contributed by atoms with Crippen LogP contribution in [0.5, 0.6) is 0 Å². The zero-order valence-corrected chi connectivity index (χ0v) is 11.3. The Labute approximate surface area is 116 Å². The molecule has 6 heteroatoms. The predicted octanol–water partition coefficient (Wildman–Crippen LogP) is 2.49. The molecule has 0 aliphatic carbocycles. The van der Waals surface area contributed by atoms with Gasteiger partial charge < -0.3 is 11.1 Å². The van der Waals surface area contributed by atoms with Gasteiger partial charge in [-0.2, -0.15) is 0 Å². The Balaban J connectivity index is 2.40. The number of pyridine rings is 1. The molecule has 0 saturated carbocycles. The van der Waals surface area contributed by atoms with Crippen molar-refractivity contribution in [2.75, 3.05) is 11.9 Å². The average Bonchev–Trinajstić information content (AvgIpc) is 2.40. The number of carbonyl (C=O) groups is 1. The number of carbonyl (C=O) groups excluding carboxylic acids is 1. The van der Waals surface area contributed by atoms with Gasteiger partial charge in [0.25, 0.3) is 0 Å². The lowest BCUT2D eigenvalue weighted by atomic mass is 10.1. The quantitative estimate of drug-likeness (QED) is 0.807.